The van der Waals surface area contributed by atoms with Crippen LogP contribution < -0.4 is 10.5 Å². The summed E-state index contributed by atoms with van der Waals surface area (Å²) in [6, 6.07) is 5.04. The second-order valence-corrected chi connectivity index (χ2v) is 7.22. The summed E-state index contributed by atoms with van der Waals surface area (Å²) in [7, 11) is 1.84. The van der Waals surface area contributed by atoms with Crippen LogP contribution in [0.15, 0.2) is 24.1 Å². The number of carbonyl (C=O) groups excluding carboxylic acids is 1. The third-order valence-electron chi connectivity index (χ3n) is 3.41. The maximum atomic E-state index is 11.2. The molecule has 7 nitrogen and oxygen atoms in total. The van der Waals surface area contributed by atoms with E-state index in [0.717, 1.165) is 0 Å². The van der Waals surface area contributed by atoms with E-state index in [1.807, 2.05) is 7.05 Å². The van der Waals surface area contributed by atoms with Gasteiger partial charge in [0.15, 0.2) is 0 Å². The van der Waals surface area contributed by atoms with Crippen LogP contribution in [0.2, 0.25) is 10.0 Å². The van der Waals surface area contributed by atoms with Gasteiger partial charge in [0.05, 0.1) is 35.6 Å². The molecule has 4 N–H and O–H groups in total. The number of halogens is 2. The normalized spacial score (nSPS) is 20.0. The summed E-state index contributed by atoms with van der Waals surface area (Å²) >= 11 is 13.8. The maximum Gasteiger partial charge on any atom is 0.411 e. The highest BCUT2D eigenvalue weighted by Gasteiger charge is 2.44. The number of hydrogen-bond donors (Lipinski definition) is 3. The number of ether oxygens (including phenoxy) is 1. The van der Waals surface area contributed by atoms with Crippen LogP contribution in [0.5, 0.6) is 0 Å². The first kappa shape index (κ1) is 18.7. The molecule has 0 aliphatic carbocycles. The average molecular weight is 393 g/mol. The fourth-order valence-electron chi connectivity index (χ4n) is 2.38. The number of aliphatic carboxylic acids is 1. The number of nitrogens with zero attached hydrogens (tertiary/aromatic N) is 1. The summed E-state index contributed by atoms with van der Waals surface area (Å²) in [6.45, 7) is 0.451. The van der Waals surface area contributed by atoms with Crippen LogP contribution >= 0.6 is 35.3 Å². The van der Waals surface area contributed by atoms with E-state index >= 15 is 0 Å². The number of amides is 1. The third-order valence-corrected chi connectivity index (χ3v) is 5.08. The number of carboxylic acid groups (broad SMARTS) is 1. The number of nitrogens with two attached hydrogens (primary N) is 1. The number of rotatable bonds is 6. The van der Waals surface area contributed by atoms with Gasteiger partial charge >= 0.3 is 12.1 Å². The molecule has 1 aromatic rings. The molecular weight excluding hydrogens is 377 g/mol. The summed E-state index contributed by atoms with van der Waals surface area (Å²) in [5, 5.41) is 9.61. The van der Waals surface area contributed by atoms with Gasteiger partial charge in [-0.3, -0.25) is 4.79 Å². The first-order chi connectivity index (χ1) is 11.2. The largest absolute Gasteiger partial charge is 0.481 e. The Labute approximate surface area is 153 Å². The Balaban J connectivity index is 2.47. The molecule has 1 amide bonds. The van der Waals surface area contributed by atoms with E-state index in [9.17, 15) is 9.59 Å². The topological polar surface area (TPSA) is 102 Å². The van der Waals surface area contributed by atoms with Gasteiger partial charge in [0.1, 0.15) is 0 Å². The Morgan fingerprint density at radius 3 is 2.54 bits per heavy atom. The Kier molecular flexibility index (Phi) is 5.87. The van der Waals surface area contributed by atoms with Gasteiger partial charge in [0, 0.05) is 6.42 Å². The van der Waals surface area contributed by atoms with E-state index in [4.69, 9.17) is 38.8 Å². The molecule has 24 heavy (non-hydrogen) atoms. The number of primary amides is 1. The minimum atomic E-state index is -0.974. The van der Waals surface area contributed by atoms with Crippen LogP contribution in [0.1, 0.15) is 18.4 Å². The van der Waals surface area contributed by atoms with Gasteiger partial charge in [-0.05, 0) is 12.1 Å². The van der Waals surface area contributed by atoms with Crippen molar-refractivity contribution in [3.63, 3.8) is 0 Å². The minimum absolute atomic E-state index is 0.0178. The van der Waals surface area contributed by atoms with Crippen LogP contribution in [0.3, 0.4) is 0 Å². The Morgan fingerprint density at radius 1 is 1.38 bits per heavy atom. The molecule has 1 aromatic carbocycles. The molecule has 130 valence electrons. The number of quaternary nitrogens is 1. The zero-order valence-corrected chi connectivity index (χ0v) is 15.0. The lowest BCUT2D eigenvalue weighted by Crippen LogP contribution is -2.34. The summed E-state index contributed by atoms with van der Waals surface area (Å²) in [6.07, 6.45) is -0.544. The van der Waals surface area contributed by atoms with Gasteiger partial charge in [-0.2, -0.15) is 0 Å². The molecule has 0 aromatic heterocycles. The Bertz CT molecular complexity index is 693. The first-order valence-corrected chi connectivity index (χ1v) is 8.46. The van der Waals surface area contributed by atoms with E-state index in [0.29, 0.717) is 34.3 Å². The summed E-state index contributed by atoms with van der Waals surface area (Å²) in [5.74, 6) is -0.742. The lowest BCUT2D eigenvalue weighted by atomic mass is 10.1. The number of benzene rings is 1. The van der Waals surface area contributed by atoms with Crippen LogP contribution in [0, 0.1) is 0 Å². The first-order valence-electron chi connectivity index (χ1n) is 6.93. The number of hydrogen-bond acceptors (Lipinski definition) is 5. The molecule has 0 spiro atoms. The molecule has 2 rings (SSSR count). The highest BCUT2D eigenvalue weighted by atomic mass is 35.5. The van der Waals surface area contributed by atoms with E-state index in [-0.39, 0.29) is 16.2 Å². The number of nitrogens with one attached hydrogen (secondary N) is 1. The van der Waals surface area contributed by atoms with Crippen molar-refractivity contribution in [2.45, 2.75) is 12.8 Å². The second-order valence-electron chi connectivity index (χ2n) is 5.21. The van der Waals surface area contributed by atoms with Gasteiger partial charge in [-0.25, -0.2) is 13.4 Å². The molecule has 0 saturated carbocycles. The van der Waals surface area contributed by atoms with Crippen molar-refractivity contribution in [2.24, 2.45) is 5.73 Å². The van der Waals surface area contributed by atoms with Crippen molar-refractivity contribution < 1.29 is 23.3 Å². The van der Waals surface area contributed by atoms with E-state index in [1.165, 1.54) is 12.1 Å². The van der Waals surface area contributed by atoms with Gasteiger partial charge < -0.3 is 15.6 Å². The molecule has 0 saturated heterocycles. The average Bonchev–Trinajstić information content (AvgIpc) is 2.76. The van der Waals surface area contributed by atoms with Crippen molar-refractivity contribution in [2.75, 3.05) is 13.6 Å². The van der Waals surface area contributed by atoms with Crippen molar-refractivity contribution in [3.05, 3.63) is 39.7 Å². The predicted octanol–water partition coefficient (Wildman–Crippen LogP) is 3.19. The molecule has 0 radical (unpaired) electrons. The summed E-state index contributed by atoms with van der Waals surface area (Å²) in [4.78, 5) is 22.0. The van der Waals surface area contributed by atoms with Gasteiger partial charge in [-0.1, -0.05) is 29.3 Å². The molecule has 1 heterocycles. The van der Waals surface area contributed by atoms with Crippen molar-refractivity contribution >= 4 is 53.1 Å². The van der Waals surface area contributed by atoms with Gasteiger partial charge in [0.25, 0.3) is 5.88 Å². The highest BCUT2D eigenvalue weighted by molar-refractivity contribution is 7.92. The zero-order valence-electron chi connectivity index (χ0n) is 12.7. The lowest BCUT2D eigenvalue weighted by Gasteiger charge is -2.27. The Morgan fingerprint density at radius 2 is 2.00 bits per heavy atom. The van der Waals surface area contributed by atoms with Crippen LogP contribution in [0.4, 0.5) is 4.79 Å². The highest BCUT2D eigenvalue weighted by Crippen LogP contribution is 2.45. The van der Waals surface area contributed by atoms with E-state index < -0.39 is 12.1 Å². The molecule has 10 heteroatoms. The molecule has 1 atom stereocenters. The molecule has 1 unspecified atom stereocenters. The number of carbonyl (C=O) groups is 2. The van der Waals surface area contributed by atoms with Crippen molar-refractivity contribution in [3.8, 4) is 0 Å². The fourth-order valence-corrected chi connectivity index (χ4v) is 3.87. The lowest BCUT2D eigenvalue weighted by molar-refractivity contribution is -0.693. The van der Waals surface area contributed by atoms with Crippen molar-refractivity contribution in [1.82, 2.24) is 4.72 Å². The monoisotopic (exact) mass is 392 g/mol. The maximum absolute atomic E-state index is 11.2. The molecule has 1 aliphatic heterocycles. The number of carboxylic acids is 1. The van der Waals surface area contributed by atoms with E-state index in [1.54, 1.807) is 18.2 Å². The molecular formula is C14H16Cl2N3O4S+. The fraction of sp³-hybridized carbons (Fsp3) is 0.286. The SMILES string of the molecule is C[N+]1(CCCC(=O)O)SNC(OC(N)=O)=C1c1c(Cl)cccc1Cl. The molecule has 0 fully saturated rings. The smallest absolute Gasteiger partial charge is 0.411 e. The standard InChI is InChI=1S/C14H15Cl2N3O4S/c1-19(7-3-6-10(20)21)12(13(18-24-19)23-14(17)22)11-8(15)4-2-5-9(11)16/h2,4-5,18H,3,6-7H2,1H3,(H2-,17,20,21,22)/p+1. The Hall–Kier alpha value is -1.61. The third kappa shape index (κ3) is 4.07. The predicted molar refractivity (Wildman–Crippen MR) is 92.7 cm³/mol. The van der Waals surface area contributed by atoms with Crippen LogP contribution in [-0.2, 0) is 9.53 Å². The molecule has 0 bridgehead atoms. The summed E-state index contributed by atoms with van der Waals surface area (Å²) < 4.78 is 8.13. The quantitative estimate of drug-likeness (QED) is 0.507. The van der Waals surface area contributed by atoms with Gasteiger partial charge in [0.2, 0.25) is 17.8 Å². The molecule has 1 aliphatic rings. The van der Waals surface area contributed by atoms with E-state index in [2.05, 4.69) is 4.72 Å². The van der Waals surface area contributed by atoms with Crippen molar-refractivity contribution in [1.29, 1.82) is 0 Å². The van der Waals surface area contributed by atoms with Gasteiger partial charge in [-0.15, -0.1) is 0 Å². The second kappa shape index (κ2) is 7.52. The summed E-state index contributed by atoms with van der Waals surface area (Å²) in [5.41, 5.74) is 6.16. The van der Waals surface area contributed by atoms with Crippen LogP contribution in [0.25, 0.3) is 5.70 Å². The van der Waals surface area contributed by atoms with Crippen LogP contribution in [-0.4, -0.2) is 34.6 Å². The minimum Gasteiger partial charge on any atom is -0.481 e. The zero-order chi connectivity index (χ0) is 17.9.